The first-order chi connectivity index (χ1) is 13.8. The number of terminal acetylenes is 1. The summed E-state index contributed by atoms with van der Waals surface area (Å²) in [4.78, 5) is 8.94. The van der Waals surface area contributed by atoms with E-state index >= 15 is 0 Å². The van der Waals surface area contributed by atoms with Crippen molar-refractivity contribution in [2.75, 3.05) is 32.2 Å². The number of hydrogen-bond acceptors (Lipinski definition) is 6. The highest BCUT2D eigenvalue weighted by Gasteiger charge is 2.20. The van der Waals surface area contributed by atoms with Gasteiger partial charge in [0.2, 0.25) is 0 Å². The molecule has 7 nitrogen and oxygen atoms in total. The van der Waals surface area contributed by atoms with Crippen molar-refractivity contribution >= 4 is 11.5 Å². The summed E-state index contributed by atoms with van der Waals surface area (Å²) in [5.74, 6) is 4.56. The van der Waals surface area contributed by atoms with Crippen LogP contribution in [0.1, 0.15) is 12.8 Å². The number of nitrogens with one attached hydrogen (secondary N) is 1. The minimum Gasteiger partial charge on any atom is -0.493 e. The Bertz CT molecular complexity index is 1000. The van der Waals surface area contributed by atoms with Crippen molar-refractivity contribution in [2.45, 2.75) is 18.9 Å². The number of benzene rings is 1. The standard InChI is InChI=1S/C21H22N4O3/c1-3-10-28-17-7-6-15(12-18(17)26-2)20-21(23-13-16-5-4-11-27-16)25-9-8-22-14-19(25)24-20/h1,6-9,12,14,16,23H,4-5,10-11,13H2,2H3/t16-/m1/s1. The summed E-state index contributed by atoms with van der Waals surface area (Å²) < 4.78 is 18.8. The molecule has 0 amide bonds. The Labute approximate surface area is 163 Å². The highest BCUT2D eigenvalue weighted by molar-refractivity contribution is 5.77. The van der Waals surface area contributed by atoms with E-state index in [9.17, 15) is 0 Å². The van der Waals surface area contributed by atoms with Crippen LogP contribution < -0.4 is 14.8 Å². The highest BCUT2D eigenvalue weighted by Crippen LogP contribution is 2.35. The van der Waals surface area contributed by atoms with Crippen LogP contribution in [-0.2, 0) is 4.74 Å². The fourth-order valence-corrected chi connectivity index (χ4v) is 3.35. The van der Waals surface area contributed by atoms with Gasteiger partial charge in [0.05, 0.1) is 19.4 Å². The molecule has 1 atom stereocenters. The third-order valence-corrected chi connectivity index (χ3v) is 4.70. The van der Waals surface area contributed by atoms with Crippen LogP contribution >= 0.6 is 0 Å². The summed E-state index contributed by atoms with van der Waals surface area (Å²) in [6, 6.07) is 5.69. The van der Waals surface area contributed by atoms with E-state index in [2.05, 4.69) is 16.2 Å². The Balaban J connectivity index is 1.71. The lowest BCUT2D eigenvalue weighted by Gasteiger charge is -2.14. The van der Waals surface area contributed by atoms with E-state index in [1.165, 1.54) is 0 Å². The smallest absolute Gasteiger partial charge is 0.162 e. The average Bonchev–Trinajstić information content (AvgIpc) is 3.38. The molecule has 3 aromatic rings. The number of aromatic nitrogens is 3. The van der Waals surface area contributed by atoms with Gasteiger partial charge in [-0.15, -0.1) is 6.42 Å². The van der Waals surface area contributed by atoms with E-state index in [1.54, 1.807) is 19.5 Å². The van der Waals surface area contributed by atoms with Gasteiger partial charge < -0.3 is 19.5 Å². The van der Waals surface area contributed by atoms with Gasteiger partial charge in [-0.3, -0.25) is 9.38 Å². The summed E-state index contributed by atoms with van der Waals surface area (Å²) in [7, 11) is 1.60. The van der Waals surface area contributed by atoms with Crippen LogP contribution in [0.3, 0.4) is 0 Å². The number of hydrogen-bond donors (Lipinski definition) is 1. The molecule has 1 aliphatic heterocycles. The van der Waals surface area contributed by atoms with Crippen molar-refractivity contribution in [2.24, 2.45) is 0 Å². The maximum absolute atomic E-state index is 5.74. The molecule has 28 heavy (non-hydrogen) atoms. The van der Waals surface area contributed by atoms with Crippen molar-refractivity contribution in [3.8, 4) is 35.1 Å². The van der Waals surface area contributed by atoms with E-state index in [1.807, 2.05) is 28.8 Å². The van der Waals surface area contributed by atoms with Gasteiger partial charge >= 0.3 is 0 Å². The van der Waals surface area contributed by atoms with E-state index in [0.717, 1.165) is 48.7 Å². The monoisotopic (exact) mass is 378 g/mol. The Kier molecular flexibility index (Phi) is 5.31. The van der Waals surface area contributed by atoms with Gasteiger partial charge in [0, 0.05) is 31.1 Å². The summed E-state index contributed by atoms with van der Waals surface area (Å²) >= 11 is 0. The number of imidazole rings is 1. The van der Waals surface area contributed by atoms with Crippen molar-refractivity contribution in [3.63, 3.8) is 0 Å². The maximum Gasteiger partial charge on any atom is 0.162 e. The zero-order chi connectivity index (χ0) is 19.3. The molecular formula is C21H22N4O3. The molecule has 1 N–H and O–H groups in total. The number of nitrogens with zero attached hydrogens (tertiary/aromatic N) is 3. The number of methoxy groups -OCH3 is 1. The molecule has 0 radical (unpaired) electrons. The lowest BCUT2D eigenvalue weighted by Crippen LogP contribution is -2.19. The van der Waals surface area contributed by atoms with Gasteiger partial charge in [-0.25, -0.2) is 4.98 Å². The second-order valence-electron chi connectivity index (χ2n) is 6.49. The van der Waals surface area contributed by atoms with Crippen LogP contribution in [0.5, 0.6) is 11.5 Å². The van der Waals surface area contributed by atoms with Gasteiger partial charge in [-0.1, -0.05) is 5.92 Å². The molecule has 0 saturated carbocycles. The SMILES string of the molecule is C#CCOc1ccc(-c2nc3cnccn3c2NC[C@H]2CCCO2)cc1OC. The molecule has 0 spiro atoms. The van der Waals surface area contributed by atoms with Crippen molar-refractivity contribution in [1.29, 1.82) is 0 Å². The summed E-state index contributed by atoms with van der Waals surface area (Å²) in [5, 5.41) is 3.51. The fourth-order valence-electron chi connectivity index (χ4n) is 3.35. The third-order valence-electron chi connectivity index (χ3n) is 4.70. The largest absolute Gasteiger partial charge is 0.493 e. The summed E-state index contributed by atoms with van der Waals surface area (Å²) in [6.45, 7) is 1.74. The average molecular weight is 378 g/mol. The molecule has 1 aromatic carbocycles. The Morgan fingerprint density at radius 2 is 2.32 bits per heavy atom. The van der Waals surface area contributed by atoms with Gasteiger partial charge in [0.25, 0.3) is 0 Å². The molecule has 144 valence electrons. The molecule has 1 aliphatic rings. The molecule has 7 heteroatoms. The highest BCUT2D eigenvalue weighted by atomic mass is 16.5. The first-order valence-electron chi connectivity index (χ1n) is 9.22. The normalized spacial score (nSPS) is 16.1. The topological polar surface area (TPSA) is 69.9 Å². The zero-order valence-electron chi connectivity index (χ0n) is 15.7. The predicted molar refractivity (Wildman–Crippen MR) is 107 cm³/mol. The second-order valence-corrected chi connectivity index (χ2v) is 6.49. The molecule has 1 fully saturated rings. The van der Waals surface area contributed by atoms with Gasteiger partial charge in [-0.05, 0) is 31.0 Å². The van der Waals surface area contributed by atoms with Crippen molar-refractivity contribution in [3.05, 3.63) is 36.8 Å². The van der Waals surface area contributed by atoms with Gasteiger partial charge in [0.15, 0.2) is 17.1 Å². The van der Waals surface area contributed by atoms with Crippen molar-refractivity contribution in [1.82, 2.24) is 14.4 Å². The first kappa shape index (κ1) is 18.1. The fraction of sp³-hybridized carbons (Fsp3) is 0.333. The van der Waals surface area contributed by atoms with E-state index in [-0.39, 0.29) is 12.7 Å². The first-order valence-corrected chi connectivity index (χ1v) is 9.22. The van der Waals surface area contributed by atoms with E-state index in [0.29, 0.717) is 11.5 Å². The Hall–Kier alpha value is -3.24. The Morgan fingerprint density at radius 3 is 3.11 bits per heavy atom. The summed E-state index contributed by atoms with van der Waals surface area (Å²) in [5.41, 5.74) is 2.48. The van der Waals surface area contributed by atoms with Crippen LogP contribution in [-0.4, -0.2) is 47.3 Å². The Morgan fingerprint density at radius 1 is 1.39 bits per heavy atom. The maximum atomic E-state index is 5.74. The molecule has 2 aromatic heterocycles. The quantitative estimate of drug-likeness (QED) is 0.638. The predicted octanol–water partition coefficient (Wildman–Crippen LogP) is 3.01. The lowest BCUT2D eigenvalue weighted by molar-refractivity contribution is 0.120. The van der Waals surface area contributed by atoms with E-state index in [4.69, 9.17) is 25.6 Å². The summed E-state index contributed by atoms with van der Waals surface area (Å²) in [6.07, 6.45) is 13.0. The molecule has 1 saturated heterocycles. The zero-order valence-corrected chi connectivity index (χ0v) is 15.7. The van der Waals surface area contributed by atoms with Gasteiger partial charge in [0.1, 0.15) is 18.1 Å². The number of anilines is 1. The van der Waals surface area contributed by atoms with Crippen LogP contribution in [0.25, 0.3) is 16.9 Å². The van der Waals surface area contributed by atoms with Crippen LogP contribution in [0.2, 0.25) is 0 Å². The van der Waals surface area contributed by atoms with Crippen LogP contribution in [0.4, 0.5) is 5.82 Å². The number of rotatable bonds is 7. The number of ether oxygens (including phenoxy) is 3. The molecule has 4 rings (SSSR count). The van der Waals surface area contributed by atoms with Crippen molar-refractivity contribution < 1.29 is 14.2 Å². The molecule has 3 heterocycles. The third kappa shape index (κ3) is 3.59. The lowest BCUT2D eigenvalue weighted by atomic mass is 10.1. The van der Waals surface area contributed by atoms with Crippen LogP contribution in [0, 0.1) is 12.3 Å². The minimum atomic E-state index is 0.184. The second kappa shape index (κ2) is 8.19. The molecule has 0 aliphatic carbocycles. The molecule has 0 bridgehead atoms. The van der Waals surface area contributed by atoms with Gasteiger partial charge in [-0.2, -0.15) is 0 Å². The molecular weight excluding hydrogens is 356 g/mol. The molecule has 0 unspecified atom stereocenters. The minimum absolute atomic E-state index is 0.184. The van der Waals surface area contributed by atoms with E-state index < -0.39 is 0 Å². The number of fused-ring (bicyclic) bond motifs is 1. The van der Waals surface area contributed by atoms with Crippen LogP contribution in [0.15, 0.2) is 36.8 Å².